The summed E-state index contributed by atoms with van der Waals surface area (Å²) in [6.07, 6.45) is 4.26. The third-order valence-corrected chi connectivity index (χ3v) is 2.63. The number of hydrogen-bond acceptors (Lipinski definition) is 5. The van der Waals surface area contributed by atoms with Crippen LogP contribution in [0.1, 0.15) is 19.0 Å². The molecule has 0 aromatic carbocycles. The van der Waals surface area contributed by atoms with Gasteiger partial charge >= 0.3 is 5.69 Å². The molecule has 0 aliphatic rings. The second-order valence-corrected chi connectivity index (χ2v) is 3.91. The monoisotopic (exact) mass is 267 g/mol. The molecule has 0 fully saturated rings. The number of aryl methyl sites for hydroxylation is 1. The lowest BCUT2D eigenvalue weighted by molar-refractivity contribution is -0.385. The van der Waals surface area contributed by atoms with Crippen LogP contribution in [0.4, 0.5) is 5.69 Å². The topological polar surface area (TPSA) is 86.7 Å². The highest BCUT2D eigenvalue weighted by molar-refractivity contribution is 6.32. The largest absolute Gasteiger partial charge is 0.329 e. The van der Waals surface area contributed by atoms with E-state index < -0.39 is 4.92 Å². The maximum atomic E-state index is 11.0. The van der Waals surface area contributed by atoms with E-state index in [2.05, 4.69) is 15.1 Å². The molecule has 0 unspecified atom stereocenters. The first-order valence-electron chi connectivity index (χ1n) is 5.34. The van der Waals surface area contributed by atoms with Crippen molar-refractivity contribution in [2.24, 2.45) is 0 Å². The molecule has 0 bridgehead atoms. The van der Waals surface area contributed by atoms with Gasteiger partial charge in [0.1, 0.15) is 5.69 Å². The molecule has 2 aromatic rings. The van der Waals surface area contributed by atoms with Gasteiger partial charge in [-0.15, -0.1) is 0 Å². The molecule has 0 amide bonds. The summed E-state index contributed by atoms with van der Waals surface area (Å²) in [4.78, 5) is 18.4. The first kappa shape index (κ1) is 12.4. The van der Waals surface area contributed by atoms with E-state index >= 15 is 0 Å². The van der Waals surface area contributed by atoms with Gasteiger partial charge in [-0.2, -0.15) is 9.78 Å². The number of rotatable bonds is 4. The Morgan fingerprint density at radius 1 is 1.44 bits per heavy atom. The highest BCUT2D eigenvalue weighted by atomic mass is 35.5. The van der Waals surface area contributed by atoms with Crippen LogP contribution in [0.15, 0.2) is 18.5 Å². The van der Waals surface area contributed by atoms with Crippen molar-refractivity contribution in [1.82, 2.24) is 19.7 Å². The third kappa shape index (κ3) is 2.17. The Kier molecular flexibility index (Phi) is 3.52. The molecule has 0 aliphatic carbocycles. The van der Waals surface area contributed by atoms with Gasteiger partial charge < -0.3 is 0 Å². The molecule has 2 heterocycles. The molecule has 18 heavy (non-hydrogen) atoms. The van der Waals surface area contributed by atoms with Crippen LogP contribution in [0, 0.1) is 10.1 Å². The van der Waals surface area contributed by atoms with Gasteiger partial charge in [0.25, 0.3) is 5.95 Å². The fourth-order valence-electron chi connectivity index (χ4n) is 1.55. The summed E-state index contributed by atoms with van der Waals surface area (Å²) >= 11 is 5.97. The normalized spacial score (nSPS) is 10.6. The van der Waals surface area contributed by atoms with Crippen LogP contribution < -0.4 is 0 Å². The number of aromatic nitrogens is 4. The molecule has 2 aromatic heterocycles. The van der Waals surface area contributed by atoms with E-state index in [1.54, 1.807) is 6.07 Å². The number of halogens is 1. The highest BCUT2D eigenvalue weighted by Crippen LogP contribution is 2.30. The summed E-state index contributed by atoms with van der Waals surface area (Å²) in [7, 11) is 0. The average Bonchev–Trinajstić information content (AvgIpc) is 2.68. The lowest BCUT2D eigenvalue weighted by Gasteiger charge is -1.97. The van der Waals surface area contributed by atoms with E-state index in [9.17, 15) is 10.1 Å². The van der Waals surface area contributed by atoms with Gasteiger partial charge in [0, 0.05) is 12.4 Å². The zero-order valence-electron chi connectivity index (χ0n) is 9.58. The van der Waals surface area contributed by atoms with E-state index in [1.165, 1.54) is 17.1 Å². The Hall–Kier alpha value is -2.02. The summed E-state index contributed by atoms with van der Waals surface area (Å²) in [5, 5.41) is 15.0. The van der Waals surface area contributed by atoms with Crippen molar-refractivity contribution in [3.8, 4) is 5.95 Å². The van der Waals surface area contributed by atoms with Gasteiger partial charge in [-0.05, 0) is 12.5 Å². The van der Waals surface area contributed by atoms with Crippen molar-refractivity contribution in [3.05, 3.63) is 39.4 Å². The van der Waals surface area contributed by atoms with Crippen LogP contribution in [0.2, 0.25) is 5.15 Å². The van der Waals surface area contributed by atoms with Crippen LogP contribution in [0.3, 0.4) is 0 Å². The van der Waals surface area contributed by atoms with E-state index in [0.29, 0.717) is 12.1 Å². The molecule has 0 saturated carbocycles. The SMILES string of the molecule is CCCc1nn(-c2ncccn2)c(Cl)c1[N+](=O)[O-]. The molecule has 94 valence electrons. The lowest BCUT2D eigenvalue weighted by atomic mass is 10.2. The standard InChI is InChI=1S/C10H10ClN5O2/c1-2-4-7-8(16(17)18)9(11)15(14-7)10-12-5-3-6-13-10/h3,5-6H,2,4H2,1H3. The Morgan fingerprint density at radius 2 is 2.11 bits per heavy atom. The van der Waals surface area contributed by atoms with Gasteiger partial charge in [-0.1, -0.05) is 24.9 Å². The second-order valence-electron chi connectivity index (χ2n) is 3.55. The van der Waals surface area contributed by atoms with Crippen molar-refractivity contribution >= 4 is 17.3 Å². The van der Waals surface area contributed by atoms with Crippen molar-refractivity contribution < 1.29 is 4.92 Å². The van der Waals surface area contributed by atoms with Crippen molar-refractivity contribution in [1.29, 1.82) is 0 Å². The van der Waals surface area contributed by atoms with Crippen LogP contribution in [-0.2, 0) is 6.42 Å². The minimum absolute atomic E-state index is 0.0744. The number of nitro groups is 1. The molecular formula is C10H10ClN5O2. The predicted octanol–water partition coefficient (Wildman–Crippen LogP) is 2.18. The minimum Gasteiger partial charge on any atom is -0.258 e. The predicted molar refractivity (Wildman–Crippen MR) is 64.8 cm³/mol. The van der Waals surface area contributed by atoms with E-state index in [0.717, 1.165) is 6.42 Å². The summed E-state index contributed by atoms with van der Waals surface area (Å²) in [6, 6.07) is 1.64. The maximum Gasteiger partial charge on any atom is 0.329 e. The average molecular weight is 268 g/mol. The molecule has 0 atom stereocenters. The fraction of sp³-hybridized carbons (Fsp3) is 0.300. The first-order chi connectivity index (χ1) is 8.65. The van der Waals surface area contributed by atoms with Crippen LogP contribution in [0.25, 0.3) is 5.95 Å². The molecule has 8 heteroatoms. The lowest BCUT2D eigenvalue weighted by Crippen LogP contribution is -2.02. The first-order valence-corrected chi connectivity index (χ1v) is 5.72. The Morgan fingerprint density at radius 3 is 2.67 bits per heavy atom. The fourth-order valence-corrected chi connectivity index (χ4v) is 1.84. The Balaban J connectivity index is 2.57. The number of nitrogens with zero attached hydrogens (tertiary/aromatic N) is 5. The summed E-state index contributed by atoms with van der Waals surface area (Å²) < 4.78 is 1.19. The summed E-state index contributed by atoms with van der Waals surface area (Å²) in [5.74, 6) is 0.216. The van der Waals surface area contributed by atoms with E-state index in [-0.39, 0.29) is 16.8 Å². The maximum absolute atomic E-state index is 11.0. The van der Waals surface area contributed by atoms with Gasteiger partial charge in [0.15, 0.2) is 0 Å². The molecule has 0 N–H and O–H groups in total. The molecule has 0 spiro atoms. The smallest absolute Gasteiger partial charge is 0.258 e. The third-order valence-electron chi connectivity index (χ3n) is 2.29. The zero-order valence-corrected chi connectivity index (χ0v) is 10.3. The molecular weight excluding hydrogens is 258 g/mol. The van der Waals surface area contributed by atoms with Crippen LogP contribution in [0.5, 0.6) is 0 Å². The van der Waals surface area contributed by atoms with Gasteiger partial charge in [-0.3, -0.25) is 10.1 Å². The van der Waals surface area contributed by atoms with Crippen LogP contribution >= 0.6 is 11.6 Å². The highest BCUT2D eigenvalue weighted by Gasteiger charge is 2.27. The van der Waals surface area contributed by atoms with Crippen molar-refractivity contribution in [3.63, 3.8) is 0 Å². The molecule has 0 saturated heterocycles. The second kappa shape index (κ2) is 5.09. The van der Waals surface area contributed by atoms with Gasteiger partial charge in [0.05, 0.1) is 4.92 Å². The molecule has 0 aliphatic heterocycles. The summed E-state index contributed by atoms with van der Waals surface area (Å²) in [5.41, 5.74) is 0.172. The zero-order chi connectivity index (χ0) is 13.1. The molecule has 7 nitrogen and oxygen atoms in total. The summed E-state index contributed by atoms with van der Waals surface area (Å²) in [6.45, 7) is 1.91. The molecule has 0 radical (unpaired) electrons. The van der Waals surface area contributed by atoms with Crippen molar-refractivity contribution in [2.75, 3.05) is 0 Å². The quantitative estimate of drug-likeness (QED) is 0.626. The Labute approximate surface area is 108 Å². The van der Waals surface area contributed by atoms with Gasteiger partial charge in [0.2, 0.25) is 5.15 Å². The number of hydrogen-bond donors (Lipinski definition) is 0. The van der Waals surface area contributed by atoms with Crippen molar-refractivity contribution in [2.45, 2.75) is 19.8 Å². The van der Waals surface area contributed by atoms with Crippen LogP contribution in [-0.4, -0.2) is 24.7 Å². The van der Waals surface area contributed by atoms with Gasteiger partial charge in [-0.25, -0.2) is 9.97 Å². The van der Waals surface area contributed by atoms with E-state index in [1.807, 2.05) is 6.92 Å². The Bertz CT molecular complexity index is 569. The van der Waals surface area contributed by atoms with E-state index in [4.69, 9.17) is 11.6 Å². The molecule has 2 rings (SSSR count). The minimum atomic E-state index is -0.528.